The summed E-state index contributed by atoms with van der Waals surface area (Å²) in [7, 11) is 0. The van der Waals surface area contributed by atoms with E-state index in [2.05, 4.69) is 20.3 Å². The Morgan fingerprint density at radius 2 is 2.13 bits per heavy atom. The van der Waals surface area contributed by atoms with E-state index in [1.807, 2.05) is 0 Å². The van der Waals surface area contributed by atoms with Crippen molar-refractivity contribution in [3.05, 3.63) is 71.2 Å². The van der Waals surface area contributed by atoms with E-state index in [-0.39, 0.29) is 23.0 Å². The molecule has 3 heterocycles. The van der Waals surface area contributed by atoms with Crippen LogP contribution in [0.25, 0.3) is 16.8 Å². The number of hydrogen-bond acceptors (Lipinski definition) is 6. The Balaban J connectivity index is 1.70. The molecule has 0 saturated carbocycles. The molecule has 4 aromatic rings. The molecule has 1 atom stereocenters. The summed E-state index contributed by atoms with van der Waals surface area (Å²) < 4.78 is 38.3. The number of hydrogen-bond donors (Lipinski definition) is 3. The Morgan fingerprint density at radius 3 is 2.84 bits per heavy atom. The number of nitrogen functional groups attached to an aromatic ring is 1. The number of fused-ring (bicyclic) bond motifs is 1. The van der Waals surface area contributed by atoms with Gasteiger partial charge in [-0.15, -0.1) is 0 Å². The molecule has 0 spiro atoms. The summed E-state index contributed by atoms with van der Waals surface area (Å²) in [6, 6.07) is 6.64. The van der Waals surface area contributed by atoms with Crippen LogP contribution in [0.4, 0.5) is 16.0 Å². The SMILES string of the molecule is [2H]C([2H])([2H])c1nc(-c2cnc(NC(=O)[C@@H](O)c3cccc(F)c3)cc2C)c2c(N)nc(C)cn12. The number of imidazole rings is 1. The Bertz CT molecular complexity index is 1420. The summed E-state index contributed by atoms with van der Waals surface area (Å²) in [6.07, 6.45) is 1.38. The summed E-state index contributed by atoms with van der Waals surface area (Å²) >= 11 is 0. The first-order chi connectivity index (χ1) is 16.0. The fourth-order valence-electron chi connectivity index (χ4n) is 3.34. The number of carbonyl (C=O) groups excluding carboxylic acids is 1. The van der Waals surface area contributed by atoms with Gasteiger partial charge in [0.1, 0.15) is 34.5 Å². The second-order valence-electron chi connectivity index (χ2n) is 7.10. The van der Waals surface area contributed by atoms with Crippen molar-refractivity contribution in [1.82, 2.24) is 19.4 Å². The average Bonchev–Trinajstić information content (AvgIpc) is 3.13. The molecule has 0 saturated heterocycles. The molecule has 0 fully saturated rings. The highest BCUT2D eigenvalue weighted by Gasteiger charge is 2.20. The van der Waals surface area contributed by atoms with Gasteiger partial charge in [-0.2, -0.15) is 0 Å². The van der Waals surface area contributed by atoms with Crippen LogP contribution in [0.15, 0.2) is 42.7 Å². The summed E-state index contributed by atoms with van der Waals surface area (Å²) in [5, 5.41) is 12.7. The number of aryl methyl sites for hydroxylation is 3. The second-order valence-corrected chi connectivity index (χ2v) is 7.10. The number of aliphatic hydroxyl groups is 1. The first-order valence-corrected chi connectivity index (χ1v) is 9.33. The lowest BCUT2D eigenvalue weighted by molar-refractivity contribution is -0.124. The molecule has 8 nitrogen and oxygen atoms in total. The van der Waals surface area contributed by atoms with E-state index in [9.17, 15) is 14.3 Å². The van der Waals surface area contributed by atoms with Crippen molar-refractivity contribution >= 4 is 23.1 Å². The van der Waals surface area contributed by atoms with Crippen LogP contribution in [0.5, 0.6) is 0 Å². The third kappa shape index (κ3) is 3.82. The van der Waals surface area contributed by atoms with Crippen molar-refractivity contribution in [3.8, 4) is 11.3 Å². The van der Waals surface area contributed by atoms with Crippen molar-refractivity contribution in [1.29, 1.82) is 0 Å². The fourth-order valence-corrected chi connectivity index (χ4v) is 3.34. The van der Waals surface area contributed by atoms with Crippen LogP contribution in [0.1, 0.15) is 32.9 Å². The van der Waals surface area contributed by atoms with Gasteiger partial charge in [0, 0.05) is 22.1 Å². The molecule has 158 valence electrons. The normalized spacial score (nSPS) is 14.0. The number of amides is 1. The lowest BCUT2D eigenvalue weighted by Crippen LogP contribution is -2.21. The fraction of sp³-hybridized carbons (Fsp3) is 0.182. The number of pyridine rings is 1. The molecule has 1 amide bonds. The topological polar surface area (TPSA) is 118 Å². The molecule has 31 heavy (non-hydrogen) atoms. The number of carbonyl (C=O) groups is 1. The standard InChI is InChI=1S/C22H21FN6O2/c1-11-7-17(28-22(31)20(30)14-5-4-6-15(23)8-14)25-9-16(11)18-19-21(24)26-12(2)10-29(19)13(3)27-18/h4-10,20,30H,1-3H3,(H2,24,26)(H,25,28,31)/t20-/m0/s1/i3D3. The summed E-state index contributed by atoms with van der Waals surface area (Å²) in [6.45, 7) is 0.929. The summed E-state index contributed by atoms with van der Waals surface area (Å²) in [5.74, 6) is -1.26. The number of aliphatic hydroxyl groups excluding tert-OH is 1. The minimum absolute atomic E-state index is 0.103. The maximum absolute atomic E-state index is 13.4. The van der Waals surface area contributed by atoms with Crippen LogP contribution in [0.2, 0.25) is 0 Å². The number of rotatable bonds is 4. The van der Waals surface area contributed by atoms with Gasteiger partial charge in [-0.25, -0.2) is 19.3 Å². The maximum atomic E-state index is 13.4. The van der Waals surface area contributed by atoms with Gasteiger partial charge in [0.15, 0.2) is 6.10 Å². The average molecular weight is 423 g/mol. The predicted molar refractivity (Wildman–Crippen MR) is 115 cm³/mol. The highest BCUT2D eigenvalue weighted by atomic mass is 19.1. The number of benzene rings is 1. The van der Waals surface area contributed by atoms with E-state index in [1.165, 1.54) is 28.8 Å². The van der Waals surface area contributed by atoms with Crippen LogP contribution in [0, 0.1) is 26.5 Å². The maximum Gasteiger partial charge on any atom is 0.258 e. The smallest absolute Gasteiger partial charge is 0.258 e. The Labute approximate surface area is 181 Å². The van der Waals surface area contributed by atoms with Crippen molar-refractivity contribution in [2.75, 3.05) is 11.1 Å². The number of nitrogens with one attached hydrogen (secondary N) is 1. The zero-order valence-corrected chi connectivity index (χ0v) is 16.7. The molecule has 4 rings (SSSR count). The zero-order valence-electron chi connectivity index (χ0n) is 19.7. The van der Waals surface area contributed by atoms with Crippen molar-refractivity contribution in [2.24, 2.45) is 0 Å². The van der Waals surface area contributed by atoms with Gasteiger partial charge < -0.3 is 16.2 Å². The third-order valence-corrected chi connectivity index (χ3v) is 4.80. The van der Waals surface area contributed by atoms with Crippen LogP contribution < -0.4 is 11.1 Å². The molecule has 0 unspecified atom stereocenters. The van der Waals surface area contributed by atoms with Gasteiger partial charge in [-0.1, -0.05) is 12.1 Å². The highest BCUT2D eigenvalue weighted by Crippen LogP contribution is 2.31. The molecule has 0 aliphatic carbocycles. The predicted octanol–water partition coefficient (Wildman–Crippen LogP) is 3.11. The first-order valence-electron chi connectivity index (χ1n) is 10.8. The van der Waals surface area contributed by atoms with E-state index in [0.29, 0.717) is 28.0 Å². The van der Waals surface area contributed by atoms with Crippen molar-refractivity contribution in [2.45, 2.75) is 26.8 Å². The Hall–Kier alpha value is -3.85. The second kappa shape index (κ2) is 7.77. The number of nitrogens with two attached hydrogens (primary N) is 1. The van der Waals surface area contributed by atoms with Gasteiger partial charge in [0.2, 0.25) is 0 Å². The van der Waals surface area contributed by atoms with E-state index in [4.69, 9.17) is 9.85 Å². The molecule has 3 aromatic heterocycles. The molecule has 9 heteroatoms. The van der Waals surface area contributed by atoms with E-state index in [1.54, 1.807) is 26.1 Å². The van der Waals surface area contributed by atoms with Gasteiger partial charge in [-0.3, -0.25) is 9.20 Å². The summed E-state index contributed by atoms with van der Waals surface area (Å²) in [5.41, 5.74) is 8.48. The van der Waals surface area contributed by atoms with Crippen molar-refractivity contribution < 1.29 is 18.4 Å². The molecule has 0 aliphatic rings. The van der Waals surface area contributed by atoms with Gasteiger partial charge in [0.25, 0.3) is 5.91 Å². The lowest BCUT2D eigenvalue weighted by Gasteiger charge is -2.12. The summed E-state index contributed by atoms with van der Waals surface area (Å²) in [4.78, 5) is 25.2. The number of anilines is 2. The number of aromatic nitrogens is 4. The molecular formula is C22H21FN6O2. The molecule has 1 aromatic carbocycles. The van der Waals surface area contributed by atoms with Crippen LogP contribution in [-0.2, 0) is 4.79 Å². The molecular weight excluding hydrogens is 399 g/mol. The third-order valence-electron chi connectivity index (χ3n) is 4.80. The lowest BCUT2D eigenvalue weighted by atomic mass is 10.1. The van der Waals surface area contributed by atoms with Crippen molar-refractivity contribution in [3.63, 3.8) is 0 Å². The van der Waals surface area contributed by atoms with E-state index >= 15 is 0 Å². The highest BCUT2D eigenvalue weighted by molar-refractivity contribution is 5.94. The molecule has 0 bridgehead atoms. The molecule has 4 N–H and O–H groups in total. The van der Waals surface area contributed by atoms with Gasteiger partial charge in [-0.05, 0) is 50.0 Å². The minimum atomic E-state index is -2.50. The molecule has 0 aliphatic heterocycles. The largest absolute Gasteiger partial charge is 0.382 e. The van der Waals surface area contributed by atoms with Gasteiger partial charge >= 0.3 is 0 Å². The minimum Gasteiger partial charge on any atom is -0.382 e. The Morgan fingerprint density at radius 1 is 1.32 bits per heavy atom. The molecule has 0 radical (unpaired) electrons. The van der Waals surface area contributed by atoms with E-state index < -0.39 is 24.7 Å². The van der Waals surface area contributed by atoms with Crippen LogP contribution >= 0.6 is 0 Å². The van der Waals surface area contributed by atoms with E-state index in [0.717, 1.165) is 6.07 Å². The van der Waals surface area contributed by atoms with Gasteiger partial charge in [0.05, 0.1) is 5.69 Å². The quantitative estimate of drug-likeness (QED) is 0.464. The number of halogens is 1. The van der Waals surface area contributed by atoms with Crippen LogP contribution in [0.3, 0.4) is 0 Å². The Kier molecular flexibility index (Phi) is 4.23. The van der Waals surface area contributed by atoms with Crippen LogP contribution in [-0.4, -0.2) is 30.4 Å². The zero-order chi connectivity index (χ0) is 24.8. The number of nitrogens with zero attached hydrogens (tertiary/aromatic N) is 4. The monoisotopic (exact) mass is 423 g/mol. The first kappa shape index (κ1) is 16.9.